The summed E-state index contributed by atoms with van der Waals surface area (Å²) in [6.07, 6.45) is 0. The lowest BCUT2D eigenvalue weighted by molar-refractivity contribution is 1.18. The Kier molecular flexibility index (Phi) is 17.8. The molecule has 0 bridgehead atoms. The maximum absolute atomic E-state index is 2.42. The van der Waals surface area contributed by atoms with Crippen molar-refractivity contribution in [2.24, 2.45) is 0 Å². The molecule has 0 aliphatic rings. The van der Waals surface area contributed by atoms with Crippen molar-refractivity contribution < 1.29 is 0 Å². The summed E-state index contributed by atoms with van der Waals surface area (Å²) in [5, 5.41) is 15.2. The third-order valence-corrected chi connectivity index (χ3v) is 25.5. The van der Waals surface area contributed by atoms with Gasteiger partial charge >= 0.3 is 0 Å². The van der Waals surface area contributed by atoms with Crippen molar-refractivity contribution >= 4 is 131 Å². The third-order valence-electron chi connectivity index (χ3n) is 25.5. The van der Waals surface area contributed by atoms with Crippen LogP contribution < -0.4 is 0 Å². The minimum absolute atomic E-state index is 1.17. The lowest BCUT2D eigenvalue weighted by Gasteiger charge is -2.11. The summed E-state index contributed by atoms with van der Waals surface area (Å²) in [6.45, 7) is 0. The standard InChI is InChI=1S/2C42H28N2.C36H24N2/c1-4-13-29(14-5-1)34-20-12-21-36-38-28-31(24-26-41(38)44(42(34)36)33-17-8-3-9-18-33)30-23-25-40-37(27-30)35-19-10-11-22-39(35)43(40)32-15-6-2-7-16-32;1-4-12-29(13-5-1)32-20-23-36-38-27-31(22-25-41(38)44(42(36)28-32)34-16-8-3-9-17-34)30-21-24-40-37(26-30)35-18-10-11-19-39(35)43(40)33-14-6-2-7-15-33;1-3-11-27(12-4-1)37-33-17-9-7-15-29(33)31-23-25(19-21-35(31)37)26-20-22-36-32(24-26)30-16-8-10-18-34(30)38(36)28-13-5-2-6-14-28/h2*1-28H;1-24H. The van der Waals surface area contributed by atoms with Crippen LogP contribution in [0.1, 0.15) is 0 Å². The summed E-state index contributed by atoms with van der Waals surface area (Å²) in [4.78, 5) is 0. The number of fused-ring (bicyclic) bond motifs is 18. The summed E-state index contributed by atoms with van der Waals surface area (Å²) < 4.78 is 14.3. The third kappa shape index (κ3) is 12.4. The molecular weight excluding hydrogens is 1530 g/mol. The first-order valence-electron chi connectivity index (χ1n) is 43.3. The molecule has 0 saturated carbocycles. The quantitative estimate of drug-likeness (QED) is 0.124. The highest BCUT2D eigenvalue weighted by molar-refractivity contribution is 6.18. The molecule has 590 valence electrons. The zero-order valence-corrected chi connectivity index (χ0v) is 68.9. The van der Waals surface area contributed by atoms with Crippen molar-refractivity contribution in [2.75, 3.05) is 0 Å². The van der Waals surface area contributed by atoms with Gasteiger partial charge in [-0.1, -0.05) is 309 Å². The topological polar surface area (TPSA) is 29.6 Å². The first-order valence-corrected chi connectivity index (χ1v) is 43.3. The molecule has 0 saturated heterocycles. The van der Waals surface area contributed by atoms with E-state index in [1.165, 1.54) is 221 Å². The SMILES string of the molecule is c1ccc(-c2ccc3c4cc(-c5ccc6c(c5)c5ccccc5n6-c5ccccc5)ccc4n(-c4ccccc4)c3c2)cc1.c1ccc(-c2cccc3c4cc(-c5ccc6c(c5)c5ccccc5n6-c5ccccc5)ccc4n(-c4ccccc4)c23)cc1.c1ccc(-n2c3ccccc3c3cc(-c4ccc5c(c4)c4ccccc4n5-c4ccccc4)ccc32)cc1. The molecular formula is C120H80N6. The number of para-hydroxylation sites is 11. The minimum Gasteiger partial charge on any atom is -0.309 e. The highest BCUT2D eigenvalue weighted by atomic mass is 15.0. The van der Waals surface area contributed by atoms with Crippen LogP contribution in [0, 0.1) is 0 Å². The molecule has 6 aromatic heterocycles. The van der Waals surface area contributed by atoms with Gasteiger partial charge in [-0.05, 0) is 226 Å². The molecule has 26 rings (SSSR count). The second-order valence-electron chi connectivity index (χ2n) is 32.7. The van der Waals surface area contributed by atoms with E-state index in [0.29, 0.717) is 0 Å². The second-order valence-corrected chi connectivity index (χ2v) is 32.7. The molecule has 20 aromatic carbocycles. The Morgan fingerprint density at radius 3 is 0.619 bits per heavy atom. The fourth-order valence-corrected chi connectivity index (χ4v) is 19.8. The van der Waals surface area contributed by atoms with Gasteiger partial charge in [0.2, 0.25) is 0 Å². The van der Waals surface area contributed by atoms with Gasteiger partial charge in [0.25, 0.3) is 0 Å². The zero-order chi connectivity index (χ0) is 83.1. The minimum atomic E-state index is 1.17. The summed E-state index contributed by atoms with van der Waals surface area (Å²) in [6, 6.07) is 175. The van der Waals surface area contributed by atoms with E-state index < -0.39 is 0 Å². The molecule has 26 aromatic rings. The number of benzene rings is 20. The monoisotopic (exact) mass is 1600 g/mol. The number of aromatic nitrogens is 6. The Labute approximate surface area is 728 Å². The van der Waals surface area contributed by atoms with Gasteiger partial charge in [-0.2, -0.15) is 0 Å². The Morgan fingerprint density at radius 2 is 0.310 bits per heavy atom. The number of hydrogen-bond donors (Lipinski definition) is 0. The fraction of sp³-hybridized carbons (Fsp3) is 0. The van der Waals surface area contributed by atoms with Crippen LogP contribution in [0.15, 0.2) is 485 Å². The lowest BCUT2D eigenvalue weighted by Crippen LogP contribution is -1.95. The van der Waals surface area contributed by atoms with E-state index in [-0.39, 0.29) is 0 Å². The van der Waals surface area contributed by atoms with Crippen LogP contribution in [0.3, 0.4) is 0 Å². The maximum atomic E-state index is 2.42. The van der Waals surface area contributed by atoms with E-state index in [0.717, 1.165) is 0 Å². The second kappa shape index (κ2) is 30.7. The highest BCUT2D eigenvalue weighted by Crippen LogP contribution is 2.46. The van der Waals surface area contributed by atoms with Crippen molar-refractivity contribution in [1.29, 1.82) is 0 Å². The summed E-state index contributed by atoms with van der Waals surface area (Å²) in [7, 11) is 0. The normalized spacial score (nSPS) is 11.7. The molecule has 6 heterocycles. The van der Waals surface area contributed by atoms with E-state index in [1.54, 1.807) is 0 Å². The molecule has 0 spiro atoms. The van der Waals surface area contributed by atoms with Crippen LogP contribution >= 0.6 is 0 Å². The van der Waals surface area contributed by atoms with Gasteiger partial charge < -0.3 is 27.4 Å². The molecule has 0 unspecified atom stereocenters. The summed E-state index contributed by atoms with van der Waals surface area (Å²) in [5.74, 6) is 0. The van der Waals surface area contributed by atoms with E-state index in [2.05, 4.69) is 513 Å². The number of nitrogens with zero attached hydrogens (tertiary/aromatic N) is 6. The lowest BCUT2D eigenvalue weighted by atomic mass is 9.99. The summed E-state index contributed by atoms with van der Waals surface area (Å²) >= 11 is 0. The first-order chi connectivity index (χ1) is 62.5. The van der Waals surface area contributed by atoms with Gasteiger partial charge in [-0.3, -0.25) is 0 Å². The maximum Gasteiger partial charge on any atom is 0.0619 e. The van der Waals surface area contributed by atoms with Crippen LogP contribution in [0.25, 0.3) is 221 Å². The molecule has 0 amide bonds. The predicted molar refractivity (Wildman–Crippen MR) is 533 cm³/mol. The van der Waals surface area contributed by atoms with Crippen LogP contribution in [0.4, 0.5) is 0 Å². The Bertz CT molecular complexity index is 8500. The van der Waals surface area contributed by atoms with Crippen molar-refractivity contribution in [2.45, 2.75) is 0 Å². The molecule has 0 fully saturated rings. The molecule has 0 aliphatic carbocycles. The first kappa shape index (κ1) is 73.1. The number of hydrogen-bond acceptors (Lipinski definition) is 0. The van der Waals surface area contributed by atoms with Crippen molar-refractivity contribution in [3.8, 4) is 89.8 Å². The van der Waals surface area contributed by atoms with Gasteiger partial charge in [-0.25, -0.2) is 0 Å². The van der Waals surface area contributed by atoms with Gasteiger partial charge in [0, 0.05) is 104 Å². The van der Waals surface area contributed by atoms with Crippen LogP contribution in [-0.4, -0.2) is 27.4 Å². The summed E-state index contributed by atoms with van der Waals surface area (Å²) in [5.41, 5.74) is 33.9. The van der Waals surface area contributed by atoms with Gasteiger partial charge in [0.05, 0.1) is 66.2 Å². The Morgan fingerprint density at radius 1 is 0.103 bits per heavy atom. The molecule has 0 atom stereocenters. The molecule has 0 N–H and O–H groups in total. The van der Waals surface area contributed by atoms with Crippen LogP contribution in [0.2, 0.25) is 0 Å². The van der Waals surface area contributed by atoms with Crippen molar-refractivity contribution in [3.63, 3.8) is 0 Å². The molecule has 6 heteroatoms. The average Bonchev–Trinajstić information content (AvgIpc) is 1.59. The van der Waals surface area contributed by atoms with Gasteiger partial charge in [0.15, 0.2) is 0 Å². The highest BCUT2D eigenvalue weighted by Gasteiger charge is 2.23. The fourth-order valence-electron chi connectivity index (χ4n) is 19.8. The van der Waals surface area contributed by atoms with E-state index in [1.807, 2.05) is 0 Å². The largest absolute Gasteiger partial charge is 0.309 e. The van der Waals surface area contributed by atoms with E-state index in [4.69, 9.17) is 0 Å². The zero-order valence-electron chi connectivity index (χ0n) is 68.9. The van der Waals surface area contributed by atoms with Crippen molar-refractivity contribution in [3.05, 3.63) is 485 Å². The molecule has 126 heavy (non-hydrogen) atoms. The molecule has 6 nitrogen and oxygen atoms in total. The van der Waals surface area contributed by atoms with E-state index in [9.17, 15) is 0 Å². The van der Waals surface area contributed by atoms with Gasteiger partial charge in [0.1, 0.15) is 0 Å². The number of rotatable bonds is 11. The van der Waals surface area contributed by atoms with Crippen LogP contribution in [0.5, 0.6) is 0 Å². The Hall–Kier alpha value is -16.8. The smallest absolute Gasteiger partial charge is 0.0619 e. The van der Waals surface area contributed by atoms with Gasteiger partial charge in [-0.15, -0.1) is 0 Å². The van der Waals surface area contributed by atoms with Crippen LogP contribution in [-0.2, 0) is 0 Å². The predicted octanol–water partition coefficient (Wildman–Crippen LogP) is 32.0. The average molecular weight is 1610 g/mol. The molecule has 0 radical (unpaired) electrons. The molecule has 0 aliphatic heterocycles. The van der Waals surface area contributed by atoms with E-state index >= 15 is 0 Å². The Balaban J connectivity index is 0.000000106. The van der Waals surface area contributed by atoms with Crippen molar-refractivity contribution in [1.82, 2.24) is 27.4 Å².